The number of nitrogens with one attached hydrogen (secondary N) is 1. The van der Waals surface area contributed by atoms with Crippen molar-refractivity contribution in [3.05, 3.63) is 42.5 Å². The number of rotatable bonds is 6. The topological polar surface area (TPSA) is 92.6 Å². The Morgan fingerprint density at radius 3 is 2.88 bits per heavy atom. The zero-order valence-electron chi connectivity index (χ0n) is 14.0. The first kappa shape index (κ1) is 16.9. The first-order chi connectivity index (χ1) is 12.2. The lowest BCUT2D eigenvalue weighted by Crippen LogP contribution is -2.39. The van der Waals surface area contributed by atoms with Gasteiger partial charge in [0.2, 0.25) is 5.91 Å². The summed E-state index contributed by atoms with van der Waals surface area (Å²) in [6.07, 6.45) is 1.44. The fraction of sp³-hybridized carbons (Fsp3) is 0.375. The van der Waals surface area contributed by atoms with Gasteiger partial charge in [-0.15, -0.1) is 0 Å². The van der Waals surface area contributed by atoms with E-state index in [1.165, 1.54) is 11.2 Å². The molecule has 3 rings (SSSR count). The molecule has 2 heterocycles. The van der Waals surface area contributed by atoms with E-state index in [1.807, 2.05) is 30.3 Å². The number of benzene rings is 1. The summed E-state index contributed by atoms with van der Waals surface area (Å²) < 4.78 is 6.64. The van der Waals surface area contributed by atoms with Crippen LogP contribution < -0.4 is 5.32 Å². The van der Waals surface area contributed by atoms with E-state index in [1.54, 1.807) is 16.7 Å². The highest BCUT2D eigenvalue weighted by molar-refractivity contribution is 5.87. The van der Waals surface area contributed by atoms with Crippen LogP contribution >= 0.6 is 0 Å². The minimum Gasteiger partial charge on any atom is -0.383 e. The van der Waals surface area contributed by atoms with Gasteiger partial charge in [-0.1, -0.05) is 18.2 Å². The number of aromatic nitrogens is 3. The summed E-state index contributed by atoms with van der Waals surface area (Å²) >= 11 is 0. The molecule has 0 aliphatic carbocycles. The van der Waals surface area contributed by atoms with Crippen molar-refractivity contribution in [1.82, 2.24) is 29.9 Å². The summed E-state index contributed by atoms with van der Waals surface area (Å²) in [6, 6.07) is 9.24. The quantitative estimate of drug-likeness (QED) is 0.809. The maximum absolute atomic E-state index is 12.3. The third-order valence-corrected chi connectivity index (χ3v) is 3.89. The van der Waals surface area contributed by atoms with Crippen LogP contribution in [-0.2, 0) is 16.1 Å². The Kier molecular flexibility index (Phi) is 5.24. The zero-order valence-corrected chi connectivity index (χ0v) is 14.0. The lowest BCUT2D eigenvalue weighted by molar-refractivity contribution is -0.127. The molecule has 1 aliphatic heterocycles. The zero-order chi connectivity index (χ0) is 17.6. The number of urea groups is 1. The molecule has 132 valence electrons. The van der Waals surface area contributed by atoms with Crippen LogP contribution in [0.25, 0.3) is 5.69 Å². The van der Waals surface area contributed by atoms with Crippen LogP contribution in [0, 0.1) is 0 Å². The van der Waals surface area contributed by atoms with Crippen molar-refractivity contribution in [3.63, 3.8) is 0 Å². The Hall–Kier alpha value is -2.94. The van der Waals surface area contributed by atoms with Crippen molar-refractivity contribution in [2.24, 2.45) is 0 Å². The number of amides is 3. The van der Waals surface area contributed by atoms with Crippen LogP contribution in [-0.4, -0.2) is 70.0 Å². The van der Waals surface area contributed by atoms with E-state index in [-0.39, 0.29) is 31.7 Å². The van der Waals surface area contributed by atoms with Crippen LogP contribution in [0.5, 0.6) is 0 Å². The molecule has 1 aromatic carbocycles. The normalized spacial score (nSPS) is 14.2. The summed E-state index contributed by atoms with van der Waals surface area (Å²) in [5, 5.41) is 6.97. The van der Waals surface area contributed by atoms with Crippen LogP contribution in [0.1, 0.15) is 5.82 Å². The van der Waals surface area contributed by atoms with E-state index in [0.717, 1.165) is 5.69 Å². The Bertz CT molecular complexity index is 732. The highest BCUT2D eigenvalue weighted by Crippen LogP contribution is 2.09. The fourth-order valence-corrected chi connectivity index (χ4v) is 2.57. The van der Waals surface area contributed by atoms with E-state index in [0.29, 0.717) is 19.0 Å². The van der Waals surface area contributed by atoms with E-state index in [9.17, 15) is 9.59 Å². The highest BCUT2D eigenvalue weighted by atomic mass is 16.5. The van der Waals surface area contributed by atoms with Crippen LogP contribution in [0.2, 0.25) is 0 Å². The molecule has 1 aromatic heterocycles. The molecule has 0 bridgehead atoms. The van der Waals surface area contributed by atoms with Crippen LogP contribution in [0.15, 0.2) is 36.7 Å². The molecule has 0 spiro atoms. The average Bonchev–Trinajstić information content (AvgIpc) is 3.25. The fourth-order valence-electron chi connectivity index (χ4n) is 2.57. The van der Waals surface area contributed by atoms with Gasteiger partial charge in [0.05, 0.1) is 25.5 Å². The number of para-hydroxylation sites is 1. The number of hydrogen-bond acceptors (Lipinski definition) is 5. The maximum Gasteiger partial charge on any atom is 0.319 e. The van der Waals surface area contributed by atoms with Gasteiger partial charge in [0.25, 0.3) is 0 Å². The number of nitrogens with zero attached hydrogens (tertiary/aromatic N) is 5. The summed E-state index contributed by atoms with van der Waals surface area (Å²) in [7, 11) is 1.58. The third kappa shape index (κ3) is 3.94. The molecule has 0 unspecified atom stereocenters. The van der Waals surface area contributed by atoms with Gasteiger partial charge >= 0.3 is 6.03 Å². The molecule has 0 radical (unpaired) electrons. The minimum atomic E-state index is -0.309. The lowest BCUT2D eigenvalue weighted by atomic mass is 10.3. The Labute approximate surface area is 145 Å². The average molecular weight is 344 g/mol. The molecular formula is C16H20N6O3. The SMILES string of the molecule is COCCN1CN(C(=O)NCc2ncnn2-c2ccccc2)CC1=O. The van der Waals surface area contributed by atoms with E-state index in [2.05, 4.69) is 15.4 Å². The molecular weight excluding hydrogens is 324 g/mol. The van der Waals surface area contributed by atoms with Gasteiger partial charge in [-0.25, -0.2) is 14.5 Å². The van der Waals surface area contributed by atoms with E-state index in [4.69, 9.17) is 4.74 Å². The summed E-state index contributed by atoms with van der Waals surface area (Å²) in [5.41, 5.74) is 0.867. The standard InChI is InChI=1S/C16H20N6O3/c1-25-8-7-20-12-21(10-15(20)23)16(24)17-9-14-18-11-19-22(14)13-5-3-2-4-6-13/h2-6,11H,7-10,12H2,1H3,(H,17,24). The van der Waals surface area contributed by atoms with Gasteiger partial charge in [-0.05, 0) is 12.1 Å². The summed E-state index contributed by atoms with van der Waals surface area (Å²) in [6.45, 7) is 1.47. The largest absolute Gasteiger partial charge is 0.383 e. The first-order valence-electron chi connectivity index (χ1n) is 7.93. The Morgan fingerprint density at radius 1 is 1.32 bits per heavy atom. The predicted octanol–water partition coefficient (Wildman–Crippen LogP) is 0.225. The molecule has 25 heavy (non-hydrogen) atoms. The van der Waals surface area contributed by atoms with Gasteiger partial charge in [0, 0.05) is 13.7 Å². The second-order valence-electron chi connectivity index (χ2n) is 5.57. The third-order valence-electron chi connectivity index (χ3n) is 3.89. The molecule has 9 nitrogen and oxygen atoms in total. The Balaban J connectivity index is 1.57. The molecule has 2 aromatic rings. The predicted molar refractivity (Wildman–Crippen MR) is 88.8 cm³/mol. The van der Waals surface area contributed by atoms with Gasteiger partial charge in [0.1, 0.15) is 12.9 Å². The molecule has 0 atom stereocenters. The van der Waals surface area contributed by atoms with Gasteiger partial charge < -0.3 is 15.0 Å². The summed E-state index contributed by atoms with van der Waals surface area (Å²) in [5.74, 6) is 0.529. The van der Waals surface area contributed by atoms with E-state index < -0.39 is 0 Å². The molecule has 1 aliphatic rings. The number of carbonyl (C=O) groups excluding carboxylic acids is 2. The second kappa shape index (κ2) is 7.75. The monoisotopic (exact) mass is 344 g/mol. The number of hydrogen-bond donors (Lipinski definition) is 1. The molecule has 1 saturated heterocycles. The molecule has 1 N–H and O–H groups in total. The molecule has 3 amide bonds. The first-order valence-corrected chi connectivity index (χ1v) is 7.93. The highest BCUT2D eigenvalue weighted by Gasteiger charge is 2.30. The smallest absolute Gasteiger partial charge is 0.319 e. The van der Waals surface area contributed by atoms with Crippen molar-refractivity contribution >= 4 is 11.9 Å². The Morgan fingerprint density at radius 2 is 2.12 bits per heavy atom. The van der Waals surface area contributed by atoms with Gasteiger partial charge in [0.15, 0.2) is 5.82 Å². The van der Waals surface area contributed by atoms with Gasteiger partial charge in [-0.2, -0.15) is 5.10 Å². The van der Waals surface area contributed by atoms with Crippen LogP contribution in [0.3, 0.4) is 0 Å². The lowest BCUT2D eigenvalue weighted by Gasteiger charge is -2.18. The molecule has 9 heteroatoms. The number of ether oxygens (including phenoxy) is 1. The molecule has 0 saturated carbocycles. The maximum atomic E-state index is 12.3. The van der Waals surface area contributed by atoms with Crippen molar-refractivity contribution < 1.29 is 14.3 Å². The van der Waals surface area contributed by atoms with Crippen molar-refractivity contribution in [3.8, 4) is 5.69 Å². The van der Waals surface area contributed by atoms with Crippen molar-refractivity contribution in [2.75, 3.05) is 33.5 Å². The van der Waals surface area contributed by atoms with Gasteiger partial charge in [-0.3, -0.25) is 9.69 Å². The number of carbonyl (C=O) groups is 2. The van der Waals surface area contributed by atoms with Crippen molar-refractivity contribution in [2.45, 2.75) is 6.54 Å². The number of methoxy groups -OCH3 is 1. The molecule has 1 fully saturated rings. The van der Waals surface area contributed by atoms with Crippen LogP contribution in [0.4, 0.5) is 4.79 Å². The minimum absolute atomic E-state index is 0.0704. The summed E-state index contributed by atoms with van der Waals surface area (Å²) in [4.78, 5) is 31.4. The van der Waals surface area contributed by atoms with E-state index >= 15 is 0 Å². The van der Waals surface area contributed by atoms with Crippen molar-refractivity contribution in [1.29, 1.82) is 0 Å². The second-order valence-corrected chi connectivity index (χ2v) is 5.57.